The van der Waals surface area contributed by atoms with Crippen LogP contribution in [-0.4, -0.2) is 49.9 Å². The number of methoxy groups -OCH3 is 2. The van der Waals surface area contributed by atoms with Crippen LogP contribution in [0.25, 0.3) is 0 Å². The lowest BCUT2D eigenvalue weighted by Gasteiger charge is -2.23. The SMILES string of the molecule is COc1cc(CNC(=O)[C@H](CCSC)NC(=O)OC(C)(C)C)cc(OC)c1. The van der Waals surface area contributed by atoms with Gasteiger partial charge in [0.2, 0.25) is 5.91 Å². The molecule has 0 aliphatic rings. The second-order valence-corrected chi connectivity index (χ2v) is 7.90. The van der Waals surface area contributed by atoms with Gasteiger partial charge < -0.3 is 24.8 Å². The Balaban J connectivity index is 2.74. The van der Waals surface area contributed by atoms with Crippen molar-refractivity contribution in [2.24, 2.45) is 0 Å². The predicted octanol–water partition coefficient (Wildman–Crippen LogP) is 2.97. The zero-order valence-corrected chi connectivity index (χ0v) is 17.7. The summed E-state index contributed by atoms with van der Waals surface area (Å²) < 4.78 is 15.7. The lowest BCUT2D eigenvalue weighted by Crippen LogP contribution is -2.48. The molecule has 1 rings (SSSR count). The Morgan fingerprint density at radius 1 is 1.11 bits per heavy atom. The molecule has 0 radical (unpaired) electrons. The van der Waals surface area contributed by atoms with E-state index in [1.807, 2.05) is 18.4 Å². The highest BCUT2D eigenvalue weighted by molar-refractivity contribution is 7.98. The molecule has 2 N–H and O–H groups in total. The molecule has 0 aliphatic heterocycles. The molecule has 0 fully saturated rings. The monoisotopic (exact) mass is 398 g/mol. The highest BCUT2D eigenvalue weighted by atomic mass is 32.2. The maximum Gasteiger partial charge on any atom is 0.408 e. The minimum absolute atomic E-state index is 0.267. The van der Waals surface area contributed by atoms with Crippen LogP contribution >= 0.6 is 11.8 Å². The molecule has 0 spiro atoms. The number of hydrogen-bond donors (Lipinski definition) is 2. The van der Waals surface area contributed by atoms with E-state index in [0.29, 0.717) is 17.9 Å². The van der Waals surface area contributed by atoms with Crippen molar-refractivity contribution in [2.45, 2.75) is 45.4 Å². The van der Waals surface area contributed by atoms with Gasteiger partial charge in [0.05, 0.1) is 14.2 Å². The van der Waals surface area contributed by atoms with Crippen LogP contribution in [0.4, 0.5) is 4.79 Å². The number of thioether (sulfide) groups is 1. The van der Waals surface area contributed by atoms with Crippen LogP contribution in [0.15, 0.2) is 18.2 Å². The molecular weight excluding hydrogens is 368 g/mol. The summed E-state index contributed by atoms with van der Waals surface area (Å²) in [7, 11) is 3.14. The predicted molar refractivity (Wildman–Crippen MR) is 108 cm³/mol. The highest BCUT2D eigenvalue weighted by Crippen LogP contribution is 2.22. The number of amides is 2. The maximum absolute atomic E-state index is 12.6. The van der Waals surface area contributed by atoms with Crippen LogP contribution < -0.4 is 20.1 Å². The highest BCUT2D eigenvalue weighted by Gasteiger charge is 2.24. The average molecular weight is 399 g/mol. The van der Waals surface area contributed by atoms with Crippen molar-refractivity contribution >= 4 is 23.8 Å². The van der Waals surface area contributed by atoms with Crippen molar-refractivity contribution in [3.63, 3.8) is 0 Å². The van der Waals surface area contributed by atoms with Gasteiger partial charge in [-0.25, -0.2) is 4.79 Å². The number of ether oxygens (including phenoxy) is 3. The third-order valence-corrected chi connectivity index (χ3v) is 4.14. The summed E-state index contributed by atoms with van der Waals surface area (Å²) in [5.74, 6) is 1.76. The Morgan fingerprint density at radius 3 is 2.19 bits per heavy atom. The van der Waals surface area contributed by atoms with Crippen LogP contribution in [0.1, 0.15) is 32.8 Å². The van der Waals surface area contributed by atoms with Crippen molar-refractivity contribution in [3.05, 3.63) is 23.8 Å². The smallest absolute Gasteiger partial charge is 0.408 e. The fourth-order valence-electron chi connectivity index (χ4n) is 2.24. The fraction of sp³-hybridized carbons (Fsp3) is 0.579. The van der Waals surface area contributed by atoms with E-state index in [4.69, 9.17) is 14.2 Å². The number of nitrogens with one attached hydrogen (secondary N) is 2. The molecule has 0 bridgehead atoms. The van der Waals surface area contributed by atoms with Crippen molar-refractivity contribution in [1.82, 2.24) is 10.6 Å². The summed E-state index contributed by atoms with van der Waals surface area (Å²) >= 11 is 1.61. The van der Waals surface area contributed by atoms with E-state index < -0.39 is 17.7 Å². The Labute approximate surface area is 165 Å². The molecule has 2 amide bonds. The number of carbonyl (C=O) groups excluding carboxylic acids is 2. The minimum atomic E-state index is -0.667. The topological polar surface area (TPSA) is 85.9 Å². The van der Waals surface area contributed by atoms with Crippen LogP contribution in [0.3, 0.4) is 0 Å². The van der Waals surface area contributed by atoms with Crippen LogP contribution in [0.2, 0.25) is 0 Å². The van der Waals surface area contributed by atoms with E-state index in [1.165, 1.54) is 0 Å². The van der Waals surface area contributed by atoms with Crippen LogP contribution in [0.5, 0.6) is 11.5 Å². The van der Waals surface area contributed by atoms with E-state index in [1.54, 1.807) is 52.8 Å². The zero-order chi connectivity index (χ0) is 20.4. The van der Waals surface area contributed by atoms with Gasteiger partial charge in [-0.05, 0) is 56.9 Å². The summed E-state index contributed by atoms with van der Waals surface area (Å²) in [5.41, 5.74) is 0.210. The molecule has 0 aromatic heterocycles. The van der Waals surface area contributed by atoms with Gasteiger partial charge in [0.15, 0.2) is 0 Å². The van der Waals surface area contributed by atoms with Gasteiger partial charge in [0, 0.05) is 12.6 Å². The quantitative estimate of drug-likeness (QED) is 0.665. The summed E-state index contributed by atoms with van der Waals surface area (Å²) in [5, 5.41) is 5.50. The Hall–Kier alpha value is -2.09. The molecule has 27 heavy (non-hydrogen) atoms. The lowest BCUT2D eigenvalue weighted by molar-refractivity contribution is -0.123. The molecule has 0 aliphatic carbocycles. The summed E-state index contributed by atoms with van der Waals surface area (Å²) in [6.07, 6.45) is 1.85. The molecular formula is C19H30N2O5S. The normalized spacial score (nSPS) is 12.1. The van der Waals surface area contributed by atoms with Gasteiger partial charge in [-0.3, -0.25) is 4.79 Å². The first kappa shape index (κ1) is 23.0. The molecule has 7 nitrogen and oxygen atoms in total. The van der Waals surface area contributed by atoms with Gasteiger partial charge in [0.25, 0.3) is 0 Å². The summed E-state index contributed by atoms with van der Waals surface area (Å²) in [6, 6.07) is 4.73. The van der Waals surface area contributed by atoms with Gasteiger partial charge in [-0.15, -0.1) is 0 Å². The van der Waals surface area contributed by atoms with E-state index in [2.05, 4.69) is 10.6 Å². The second kappa shape index (κ2) is 10.9. The molecule has 1 atom stereocenters. The maximum atomic E-state index is 12.6. The lowest BCUT2D eigenvalue weighted by atomic mass is 10.1. The van der Waals surface area contributed by atoms with Crippen LogP contribution in [0, 0.1) is 0 Å². The molecule has 8 heteroatoms. The summed E-state index contributed by atoms with van der Waals surface area (Å²) in [4.78, 5) is 24.6. The third kappa shape index (κ3) is 8.90. The number of benzene rings is 1. The molecule has 0 saturated carbocycles. The molecule has 0 saturated heterocycles. The van der Waals surface area contributed by atoms with Crippen molar-refractivity contribution in [1.29, 1.82) is 0 Å². The van der Waals surface area contributed by atoms with Gasteiger partial charge in [0.1, 0.15) is 23.1 Å². The van der Waals surface area contributed by atoms with Crippen molar-refractivity contribution in [2.75, 3.05) is 26.2 Å². The molecule has 0 heterocycles. The van der Waals surface area contributed by atoms with Crippen molar-refractivity contribution < 1.29 is 23.8 Å². The average Bonchev–Trinajstić information content (AvgIpc) is 2.61. The number of alkyl carbamates (subject to hydrolysis) is 1. The van der Waals surface area contributed by atoms with Gasteiger partial charge in [-0.1, -0.05) is 0 Å². The first-order valence-electron chi connectivity index (χ1n) is 8.66. The molecule has 1 aromatic carbocycles. The Bertz CT molecular complexity index is 609. The van der Waals surface area contributed by atoms with Crippen LogP contribution in [-0.2, 0) is 16.1 Å². The van der Waals surface area contributed by atoms with E-state index >= 15 is 0 Å². The molecule has 0 unspecified atom stereocenters. The number of carbonyl (C=O) groups is 2. The van der Waals surface area contributed by atoms with Gasteiger partial charge >= 0.3 is 6.09 Å². The zero-order valence-electron chi connectivity index (χ0n) is 16.9. The van der Waals surface area contributed by atoms with Crippen molar-refractivity contribution in [3.8, 4) is 11.5 Å². The first-order chi connectivity index (χ1) is 12.7. The minimum Gasteiger partial charge on any atom is -0.497 e. The van der Waals surface area contributed by atoms with E-state index in [0.717, 1.165) is 11.3 Å². The molecule has 1 aromatic rings. The van der Waals surface area contributed by atoms with E-state index in [-0.39, 0.29) is 12.5 Å². The largest absolute Gasteiger partial charge is 0.497 e. The van der Waals surface area contributed by atoms with E-state index in [9.17, 15) is 9.59 Å². The summed E-state index contributed by atoms with van der Waals surface area (Å²) in [6.45, 7) is 5.62. The fourth-order valence-corrected chi connectivity index (χ4v) is 2.71. The van der Waals surface area contributed by atoms with Gasteiger partial charge in [-0.2, -0.15) is 11.8 Å². The number of rotatable bonds is 9. The Kier molecular flexibility index (Phi) is 9.28. The number of hydrogen-bond acceptors (Lipinski definition) is 6. The standard InChI is InChI=1S/C19H30N2O5S/c1-19(2,3)26-18(23)21-16(7-8-27-6)17(22)20-12-13-9-14(24-4)11-15(10-13)25-5/h9-11,16H,7-8,12H2,1-6H3,(H,20,22)(H,21,23)/t16-/m0/s1. The first-order valence-corrected chi connectivity index (χ1v) is 10.1. The second-order valence-electron chi connectivity index (χ2n) is 6.92. The Morgan fingerprint density at radius 2 is 1.70 bits per heavy atom. The third-order valence-electron chi connectivity index (χ3n) is 3.50. The molecule has 152 valence electrons.